The number of amides is 1. The van der Waals surface area contributed by atoms with Crippen LogP contribution in [0.4, 0.5) is 0 Å². The van der Waals surface area contributed by atoms with Gasteiger partial charge in [-0.1, -0.05) is 34.8 Å². The van der Waals surface area contributed by atoms with Gasteiger partial charge in [0.1, 0.15) is 0 Å². The monoisotopic (exact) mass is 295 g/mol. The highest BCUT2D eigenvalue weighted by atomic mass is 35.5. The lowest BCUT2D eigenvalue weighted by molar-refractivity contribution is 0.0934. The molecule has 0 aliphatic carbocycles. The number of rotatable bonds is 4. The van der Waals surface area contributed by atoms with Gasteiger partial charge in [-0.3, -0.25) is 4.79 Å². The molecule has 2 N–H and O–H groups in total. The Morgan fingerprint density at radius 3 is 2.53 bits per heavy atom. The smallest absolute Gasteiger partial charge is 0.254 e. The van der Waals surface area contributed by atoms with Crippen LogP contribution in [0.1, 0.15) is 23.7 Å². The van der Waals surface area contributed by atoms with Gasteiger partial charge in [0.25, 0.3) is 5.91 Å². The van der Waals surface area contributed by atoms with Crippen LogP contribution in [0.2, 0.25) is 15.1 Å². The molecular formula is C11H12Cl3NO2. The van der Waals surface area contributed by atoms with Gasteiger partial charge in [0, 0.05) is 12.6 Å². The number of halogens is 3. The Balaban J connectivity index is 2.93. The van der Waals surface area contributed by atoms with E-state index in [1.165, 1.54) is 12.1 Å². The van der Waals surface area contributed by atoms with Crippen molar-refractivity contribution in [1.29, 1.82) is 0 Å². The largest absolute Gasteiger partial charge is 0.396 e. The SMILES string of the molecule is CC(CCO)NC(=O)c1c(Cl)ccc(Cl)c1Cl. The molecule has 3 nitrogen and oxygen atoms in total. The first kappa shape index (κ1) is 14.6. The fraction of sp³-hybridized carbons (Fsp3) is 0.364. The highest BCUT2D eigenvalue weighted by Gasteiger charge is 2.18. The van der Waals surface area contributed by atoms with Crippen molar-refractivity contribution in [3.63, 3.8) is 0 Å². The Hall–Kier alpha value is -0.480. The minimum atomic E-state index is -0.400. The Kier molecular flexibility index (Phi) is 5.53. The van der Waals surface area contributed by atoms with Crippen molar-refractivity contribution >= 4 is 40.7 Å². The van der Waals surface area contributed by atoms with Gasteiger partial charge in [0.15, 0.2) is 0 Å². The van der Waals surface area contributed by atoms with E-state index < -0.39 is 5.91 Å². The first-order chi connectivity index (χ1) is 7.97. The van der Waals surface area contributed by atoms with Crippen LogP contribution >= 0.6 is 34.8 Å². The fourth-order valence-electron chi connectivity index (χ4n) is 1.30. The second kappa shape index (κ2) is 6.45. The Morgan fingerprint density at radius 2 is 1.94 bits per heavy atom. The first-order valence-electron chi connectivity index (χ1n) is 5.02. The van der Waals surface area contributed by atoms with Crippen LogP contribution in [-0.4, -0.2) is 23.7 Å². The minimum Gasteiger partial charge on any atom is -0.396 e. The zero-order chi connectivity index (χ0) is 13.0. The summed E-state index contributed by atoms with van der Waals surface area (Å²) in [5.41, 5.74) is 0.158. The molecule has 0 spiro atoms. The lowest BCUT2D eigenvalue weighted by atomic mass is 10.1. The topological polar surface area (TPSA) is 49.3 Å². The third-order valence-corrected chi connectivity index (χ3v) is 3.33. The van der Waals surface area contributed by atoms with Crippen LogP contribution in [0, 0.1) is 0 Å². The second-order valence-corrected chi connectivity index (χ2v) is 4.80. The summed E-state index contributed by atoms with van der Waals surface area (Å²) in [6.45, 7) is 1.78. The Labute approximate surface area is 115 Å². The zero-order valence-corrected chi connectivity index (χ0v) is 11.4. The van der Waals surface area contributed by atoms with E-state index in [0.29, 0.717) is 6.42 Å². The van der Waals surface area contributed by atoms with Crippen LogP contribution < -0.4 is 5.32 Å². The predicted molar refractivity (Wildman–Crippen MR) is 70.1 cm³/mol. The van der Waals surface area contributed by atoms with Gasteiger partial charge in [-0.15, -0.1) is 0 Å². The zero-order valence-electron chi connectivity index (χ0n) is 9.14. The van der Waals surface area contributed by atoms with E-state index in [-0.39, 0.29) is 33.3 Å². The molecule has 1 amide bonds. The number of aliphatic hydroxyl groups is 1. The lowest BCUT2D eigenvalue weighted by Gasteiger charge is -2.14. The quantitative estimate of drug-likeness (QED) is 0.839. The third-order valence-electron chi connectivity index (χ3n) is 2.21. The van der Waals surface area contributed by atoms with E-state index in [9.17, 15) is 4.79 Å². The van der Waals surface area contributed by atoms with Gasteiger partial charge in [-0.2, -0.15) is 0 Å². The van der Waals surface area contributed by atoms with Gasteiger partial charge in [0.2, 0.25) is 0 Å². The highest BCUT2D eigenvalue weighted by Crippen LogP contribution is 2.31. The standard InChI is InChI=1S/C11H12Cl3NO2/c1-6(4-5-16)15-11(17)9-7(12)2-3-8(13)10(9)14/h2-3,6,16H,4-5H2,1H3,(H,15,17). The molecule has 0 fully saturated rings. The van der Waals surface area contributed by atoms with Crippen molar-refractivity contribution in [2.24, 2.45) is 0 Å². The van der Waals surface area contributed by atoms with Crippen molar-refractivity contribution in [3.8, 4) is 0 Å². The van der Waals surface area contributed by atoms with E-state index in [4.69, 9.17) is 39.9 Å². The summed E-state index contributed by atoms with van der Waals surface area (Å²) in [4.78, 5) is 11.9. The van der Waals surface area contributed by atoms with Crippen molar-refractivity contribution in [1.82, 2.24) is 5.32 Å². The summed E-state index contributed by atoms with van der Waals surface area (Å²) in [7, 11) is 0. The number of hydrogen-bond donors (Lipinski definition) is 2. The van der Waals surface area contributed by atoms with E-state index in [1.807, 2.05) is 0 Å². The number of carbonyl (C=O) groups is 1. The van der Waals surface area contributed by atoms with Crippen molar-refractivity contribution < 1.29 is 9.90 Å². The van der Waals surface area contributed by atoms with E-state index >= 15 is 0 Å². The molecule has 0 radical (unpaired) electrons. The second-order valence-electron chi connectivity index (χ2n) is 3.60. The van der Waals surface area contributed by atoms with Gasteiger partial charge < -0.3 is 10.4 Å². The molecule has 94 valence electrons. The van der Waals surface area contributed by atoms with Crippen molar-refractivity contribution in [2.75, 3.05) is 6.61 Å². The fourth-order valence-corrected chi connectivity index (χ4v) is 2.00. The maximum atomic E-state index is 11.9. The molecule has 17 heavy (non-hydrogen) atoms. The van der Waals surface area contributed by atoms with Crippen molar-refractivity contribution in [3.05, 3.63) is 32.8 Å². The summed E-state index contributed by atoms with van der Waals surface area (Å²) < 4.78 is 0. The summed E-state index contributed by atoms with van der Waals surface area (Å²) in [5, 5.41) is 12.1. The summed E-state index contributed by atoms with van der Waals surface area (Å²) in [5.74, 6) is -0.400. The molecule has 1 rings (SSSR count). The van der Waals surface area contributed by atoms with Crippen molar-refractivity contribution in [2.45, 2.75) is 19.4 Å². The minimum absolute atomic E-state index is 0.00153. The molecule has 0 aliphatic heterocycles. The first-order valence-corrected chi connectivity index (χ1v) is 6.16. The van der Waals surface area contributed by atoms with Crippen LogP contribution in [0.3, 0.4) is 0 Å². The maximum absolute atomic E-state index is 11.9. The molecule has 0 heterocycles. The third kappa shape index (κ3) is 3.75. The van der Waals surface area contributed by atoms with Gasteiger partial charge >= 0.3 is 0 Å². The van der Waals surface area contributed by atoms with Crippen LogP contribution in [0.5, 0.6) is 0 Å². The number of benzene rings is 1. The molecule has 0 aliphatic rings. The average Bonchev–Trinajstić information content (AvgIpc) is 2.24. The highest BCUT2D eigenvalue weighted by molar-refractivity contribution is 6.46. The maximum Gasteiger partial charge on any atom is 0.254 e. The Morgan fingerprint density at radius 1 is 1.35 bits per heavy atom. The Bertz CT molecular complexity index is 423. The van der Waals surface area contributed by atoms with E-state index in [1.54, 1.807) is 6.92 Å². The van der Waals surface area contributed by atoms with Crippen LogP contribution in [0.15, 0.2) is 12.1 Å². The average molecular weight is 297 g/mol. The van der Waals surface area contributed by atoms with E-state index in [2.05, 4.69) is 5.32 Å². The molecular weight excluding hydrogens is 284 g/mol. The van der Waals surface area contributed by atoms with Gasteiger partial charge in [-0.05, 0) is 25.5 Å². The molecule has 1 unspecified atom stereocenters. The molecule has 0 saturated heterocycles. The van der Waals surface area contributed by atoms with E-state index in [0.717, 1.165) is 0 Å². The molecule has 1 aromatic carbocycles. The molecule has 1 aromatic rings. The van der Waals surface area contributed by atoms with Gasteiger partial charge in [0.05, 0.1) is 20.6 Å². The molecule has 6 heteroatoms. The molecule has 1 atom stereocenters. The predicted octanol–water partition coefficient (Wildman–Crippen LogP) is 3.15. The number of hydrogen-bond acceptors (Lipinski definition) is 2. The van der Waals surface area contributed by atoms with Gasteiger partial charge in [-0.25, -0.2) is 0 Å². The summed E-state index contributed by atoms with van der Waals surface area (Å²) >= 11 is 17.6. The molecule has 0 aromatic heterocycles. The number of carbonyl (C=O) groups excluding carboxylic acids is 1. The van der Waals surface area contributed by atoms with Crippen LogP contribution in [0.25, 0.3) is 0 Å². The normalized spacial score (nSPS) is 12.3. The number of aliphatic hydroxyl groups excluding tert-OH is 1. The molecule has 0 saturated carbocycles. The lowest BCUT2D eigenvalue weighted by Crippen LogP contribution is -2.33. The molecule has 0 bridgehead atoms. The summed E-state index contributed by atoms with van der Waals surface area (Å²) in [6, 6.07) is 2.88. The number of nitrogens with one attached hydrogen (secondary N) is 1. The van der Waals surface area contributed by atoms with Crippen LogP contribution in [-0.2, 0) is 0 Å². The summed E-state index contributed by atoms with van der Waals surface area (Å²) in [6.07, 6.45) is 0.460.